The van der Waals surface area contributed by atoms with Crippen LogP contribution in [0, 0.1) is 0 Å². The third kappa shape index (κ3) is 2.14. The van der Waals surface area contributed by atoms with E-state index < -0.39 is 0 Å². The number of rotatable bonds is 3. The van der Waals surface area contributed by atoms with Gasteiger partial charge in [-0.15, -0.1) is 0 Å². The average molecular weight is 298 g/mol. The summed E-state index contributed by atoms with van der Waals surface area (Å²) >= 11 is 5.14. The van der Waals surface area contributed by atoms with Gasteiger partial charge in [-0.05, 0) is 32.9 Å². The van der Waals surface area contributed by atoms with E-state index in [0.29, 0.717) is 0 Å². The van der Waals surface area contributed by atoms with Crippen molar-refractivity contribution in [1.29, 1.82) is 0 Å². The van der Waals surface area contributed by atoms with E-state index in [9.17, 15) is 0 Å². The molecule has 0 saturated carbocycles. The van der Waals surface area contributed by atoms with Crippen LogP contribution in [0.1, 0.15) is 17.2 Å². The van der Waals surface area contributed by atoms with Gasteiger partial charge >= 0.3 is 0 Å². The average Bonchev–Trinajstić information content (AvgIpc) is 2.74. The fourth-order valence-corrected chi connectivity index (χ4v) is 3.18. The second kappa shape index (κ2) is 4.99. The third-order valence-electron chi connectivity index (χ3n) is 2.45. The highest BCUT2D eigenvalue weighted by Gasteiger charge is 2.16. The molecule has 1 aromatic carbocycles. The molecule has 1 aromatic heterocycles. The van der Waals surface area contributed by atoms with Gasteiger partial charge in [-0.1, -0.05) is 18.2 Å². The van der Waals surface area contributed by atoms with Crippen LogP contribution in [0.5, 0.6) is 5.75 Å². The lowest BCUT2D eigenvalue weighted by Gasteiger charge is -2.15. The van der Waals surface area contributed by atoms with E-state index in [1.54, 1.807) is 18.4 Å². The van der Waals surface area contributed by atoms with Gasteiger partial charge in [0, 0.05) is 15.4 Å². The van der Waals surface area contributed by atoms with Crippen molar-refractivity contribution in [2.45, 2.75) is 6.04 Å². The molecule has 1 atom stereocenters. The van der Waals surface area contributed by atoms with Gasteiger partial charge in [-0.2, -0.15) is 11.3 Å². The molecule has 2 N–H and O–H groups in total. The lowest BCUT2D eigenvalue weighted by molar-refractivity contribution is 0.408. The van der Waals surface area contributed by atoms with Gasteiger partial charge in [0.05, 0.1) is 13.2 Å². The Bertz CT molecular complexity index is 483. The molecule has 0 radical (unpaired) electrons. The first-order valence-corrected chi connectivity index (χ1v) is 6.57. The standard InChI is InChI=1S/C12H12BrNOS/c1-15-11-5-3-2-4-8(11)12(14)9-6-16-7-10(9)13/h2-7,12H,14H2,1H3. The summed E-state index contributed by atoms with van der Waals surface area (Å²) in [6, 6.07) is 7.68. The van der Waals surface area contributed by atoms with E-state index in [2.05, 4.69) is 21.3 Å². The zero-order valence-electron chi connectivity index (χ0n) is 8.81. The van der Waals surface area contributed by atoms with E-state index >= 15 is 0 Å². The highest BCUT2D eigenvalue weighted by atomic mass is 79.9. The molecule has 2 aromatic rings. The molecule has 0 fully saturated rings. The summed E-state index contributed by atoms with van der Waals surface area (Å²) in [4.78, 5) is 0. The second-order valence-corrected chi connectivity index (χ2v) is 4.99. The minimum Gasteiger partial charge on any atom is -0.496 e. The maximum Gasteiger partial charge on any atom is 0.123 e. The highest BCUT2D eigenvalue weighted by molar-refractivity contribution is 9.10. The Balaban J connectivity index is 2.41. The number of ether oxygens (including phenoxy) is 1. The van der Waals surface area contributed by atoms with Crippen molar-refractivity contribution in [2.24, 2.45) is 5.73 Å². The monoisotopic (exact) mass is 297 g/mol. The number of para-hydroxylation sites is 1. The van der Waals surface area contributed by atoms with Crippen LogP contribution in [0.3, 0.4) is 0 Å². The molecule has 4 heteroatoms. The smallest absolute Gasteiger partial charge is 0.123 e. The minimum atomic E-state index is -0.156. The van der Waals surface area contributed by atoms with Crippen molar-refractivity contribution < 1.29 is 4.74 Å². The van der Waals surface area contributed by atoms with Crippen LogP contribution in [-0.2, 0) is 0 Å². The summed E-state index contributed by atoms with van der Waals surface area (Å²) in [5.74, 6) is 0.827. The predicted molar refractivity (Wildman–Crippen MR) is 71.0 cm³/mol. The molecule has 0 aliphatic heterocycles. The summed E-state index contributed by atoms with van der Waals surface area (Å²) in [6.45, 7) is 0. The number of thiophene rings is 1. The third-order valence-corrected chi connectivity index (χ3v) is 4.20. The van der Waals surface area contributed by atoms with Crippen molar-refractivity contribution in [2.75, 3.05) is 7.11 Å². The summed E-state index contributed by atoms with van der Waals surface area (Å²) in [6.07, 6.45) is 0. The van der Waals surface area contributed by atoms with Crippen LogP contribution in [0.25, 0.3) is 0 Å². The Morgan fingerprint density at radius 3 is 2.62 bits per heavy atom. The molecule has 0 amide bonds. The number of methoxy groups -OCH3 is 1. The zero-order chi connectivity index (χ0) is 11.5. The van der Waals surface area contributed by atoms with E-state index in [-0.39, 0.29) is 6.04 Å². The Labute approximate surface area is 107 Å². The molecule has 2 nitrogen and oxygen atoms in total. The van der Waals surface area contributed by atoms with Gasteiger partial charge in [0.1, 0.15) is 5.75 Å². The van der Waals surface area contributed by atoms with Crippen molar-refractivity contribution in [3.63, 3.8) is 0 Å². The topological polar surface area (TPSA) is 35.2 Å². The van der Waals surface area contributed by atoms with Crippen LogP contribution in [-0.4, -0.2) is 7.11 Å². The van der Waals surface area contributed by atoms with Crippen molar-refractivity contribution in [1.82, 2.24) is 0 Å². The van der Waals surface area contributed by atoms with Gasteiger partial charge in [0.2, 0.25) is 0 Å². The maximum atomic E-state index is 6.23. The molecule has 1 heterocycles. The summed E-state index contributed by atoms with van der Waals surface area (Å²) in [5.41, 5.74) is 8.33. The molecule has 1 unspecified atom stereocenters. The van der Waals surface area contributed by atoms with E-state index in [0.717, 1.165) is 21.3 Å². The van der Waals surface area contributed by atoms with Crippen LogP contribution < -0.4 is 10.5 Å². The lowest BCUT2D eigenvalue weighted by Crippen LogP contribution is -2.12. The summed E-state index contributed by atoms with van der Waals surface area (Å²) in [5, 5.41) is 4.09. The fraction of sp³-hybridized carbons (Fsp3) is 0.167. The van der Waals surface area contributed by atoms with E-state index in [1.807, 2.05) is 29.6 Å². The Morgan fingerprint density at radius 2 is 2.00 bits per heavy atom. The largest absolute Gasteiger partial charge is 0.496 e. The van der Waals surface area contributed by atoms with Crippen molar-refractivity contribution in [3.05, 3.63) is 50.6 Å². The SMILES string of the molecule is COc1ccccc1C(N)c1cscc1Br. The number of hydrogen-bond acceptors (Lipinski definition) is 3. The fourth-order valence-electron chi connectivity index (χ4n) is 1.60. The molecule has 0 saturated heterocycles. The maximum absolute atomic E-state index is 6.23. The first-order chi connectivity index (χ1) is 7.74. The number of benzene rings is 1. The molecular formula is C12H12BrNOS. The predicted octanol–water partition coefficient (Wildman–Crippen LogP) is 3.57. The van der Waals surface area contributed by atoms with Crippen LogP contribution >= 0.6 is 27.3 Å². The summed E-state index contributed by atoms with van der Waals surface area (Å²) in [7, 11) is 1.66. The first kappa shape index (κ1) is 11.6. The molecule has 2 rings (SSSR count). The molecule has 0 spiro atoms. The van der Waals surface area contributed by atoms with Crippen molar-refractivity contribution >= 4 is 27.3 Å². The summed E-state index contributed by atoms with van der Waals surface area (Å²) < 4.78 is 6.36. The van der Waals surface area contributed by atoms with Crippen molar-refractivity contribution in [3.8, 4) is 5.75 Å². The van der Waals surface area contributed by atoms with Gasteiger partial charge in [0.25, 0.3) is 0 Å². The van der Waals surface area contributed by atoms with Crippen LogP contribution in [0.15, 0.2) is 39.5 Å². The van der Waals surface area contributed by atoms with Gasteiger partial charge in [-0.25, -0.2) is 0 Å². The molecule has 0 aliphatic carbocycles. The number of halogens is 1. The normalized spacial score (nSPS) is 12.4. The number of nitrogens with two attached hydrogens (primary N) is 1. The Hall–Kier alpha value is -0.840. The second-order valence-electron chi connectivity index (χ2n) is 3.39. The highest BCUT2D eigenvalue weighted by Crippen LogP contribution is 2.33. The molecule has 16 heavy (non-hydrogen) atoms. The minimum absolute atomic E-state index is 0.156. The first-order valence-electron chi connectivity index (χ1n) is 4.84. The Morgan fingerprint density at radius 1 is 1.25 bits per heavy atom. The van der Waals surface area contributed by atoms with E-state index in [4.69, 9.17) is 10.5 Å². The van der Waals surface area contributed by atoms with Gasteiger partial charge < -0.3 is 10.5 Å². The molecule has 84 valence electrons. The zero-order valence-corrected chi connectivity index (χ0v) is 11.2. The van der Waals surface area contributed by atoms with Gasteiger partial charge in [-0.3, -0.25) is 0 Å². The number of hydrogen-bond donors (Lipinski definition) is 1. The van der Waals surface area contributed by atoms with Gasteiger partial charge in [0.15, 0.2) is 0 Å². The lowest BCUT2D eigenvalue weighted by atomic mass is 10.0. The molecular weight excluding hydrogens is 286 g/mol. The molecule has 0 bridgehead atoms. The molecule has 0 aliphatic rings. The van der Waals surface area contributed by atoms with Crippen LogP contribution in [0.4, 0.5) is 0 Å². The quantitative estimate of drug-likeness (QED) is 0.940. The Kier molecular flexibility index (Phi) is 3.63. The van der Waals surface area contributed by atoms with E-state index in [1.165, 1.54) is 0 Å². The van der Waals surface area contributed by atoms with Crippen LogP contribution in [0.2, 0.25) is 0 Å².